The minimum absolute atomic E-state index is 0.0979. The highest BCUT2D eigenvalue weighted by Crippen LogP contribution is 2.21. The Bertz CT molecular complexity index is 791. The summed E-state index contributed by atoms with van der Waals surface area (Å²) in [7, 11) is 3.07. The average Bonchev–Trinajstić information content (AvgIpc) is 3.10. The number of carboxylic acid groups (broad SMARTS) is 2. The van der Waals surface area contributed by atoms with Crippen molar-refractivity contribution in [3.8, 4) is 0 Å². The molecule has 0 saturated carbocycles. The topological polar surface area (TPSA) is 121 Å². The summed E-state index contributed by atoms with van der Waals surface area (Å²) in [6.07, 6.45) is -1.25. The molecule has 0 saturated heterocycles. The first-order valence-electron chi connectivity index (χ1n) is 7.50. The van der Waals surface area contributed by atoms with E-state index >= 15 is 0 Å². The molecule has 2 aromatic rings. The summed E-state index contributed by atoms with van der Waals surface area (Å²) >= 11 is 1.36. The van der Waals surface area contributed by atoms with E-state index in [4.69, 9.17) is 15.0 Å². The Morgan fingerprint density at radius 2 is 1.82 bits per heavy atom. The molecule has 2 aromatic heterocycles. The number of aromatic nitrogens is 2. The fourth-order valence-electron chi connectivity index (χ4n) is 1.56. The van der Waals surface area contributed by atoms with Gasteiger partial charge in [-0.2, -0.15) is 13.2 Å². The summed E-state index contributed by atoms with van der Waals surface area (Å²) in [5, 5.41) is 18.5. The number of carbonyl (C=O) groups is 3. The molecule has 1 amide bonds. The highest BCUT2D eigenvalue weighted by Gasteiger charge is 2.38. The van der Waals surface area contributed by atoms with Crippen molar-refractivity contribution in [2.45, 2.75) is 19.5 Å². The maximum atomic E-state index is 11.9. The van der Waals surface area contributed by atoms with E-state index in [1.807, 2.05) is 17.5 Å². The van der Waals surface area contributed by atoms with Crippen LogP contribution in [0, 0.1) is 6.92 Å². The summed E-state index contributed by atoms with van der Waals surface area (Å²) in [4.78, 5) is 36.9. The number of nitrogens with zero attached hydrogens (tertiary/aromatic N) is 2. The maximum Gasteiger partial charge on any atom is 0.490 e. The molecule has 0 spiro atoms. The van der Waals surface area contributed by atoms with E-state index in [0.717, 1.165) is 16.4 Å². The van der Waals surface area contributed by atoms with Crippen molar-refractivity contribution in [2.24, 2.45) is 0 Å². The minimum atomic E-state index is -5.08. The van der Waals surface area contributed by atoms with Crippen LogP contribution in [0.15, 0.2) is 12.4 Å². The smallest absolute Gasteiger partial charge is 0.481 e. The molecule has 14 heteroatoms. The number of halogens is 3. The number of aliphatic carboxylic acids is 2. The van der Waals surface area contributed by atoms with Crippen LogP contribution in [0.25, 0.3) is 4.96 Å². The molecule has 3 N–H and O–H groups in total. The standard InChI is InChI=1S/C12H15N3O3S3.C2HF3O2/c1-8-6-15-7-9(21-12(15)14-8)11(18)13-3-5-20-19-4-2-10(16)17;3-2(4,5)1(6)7/h6-7H,2-5H2,1H3,(H,13,18)(H,16,17);(H,6,7). The summed E-state index contributed by atoms with van der Waals surface area (Å²) in [5.74, 6) is -2.31. The Hall–Kier alpha value is -1.93. The molecular weight excluding hydrogens is 443 g/mol. The number of thiazole rings is 1. The molecule has 0 aromatic carbocycles. The van der Waals surface area contributed by atoms with E-state index in [-0.39, 0.29) is 12.3 Å². The lowest BCUT2D eigenvalue weighted by Crippen LogP contribution is -2.24. The molecule has 0 aliphatic rings. The summed E-state index contributed by atoms with van der Waals surface area (Å²) < 4.78 is 33.6. The number of fused-ring (bicyclic) bond motifs is 1. The zero-order valence-electron chi connectivity index (χ0n) is 14.4. The second kappa shape index (κ2) is 11.2. The number of rotatable bonds is 8. The van der Waals surface area contributed by atoms with Crippen LogP contribution in [-0.2, 0) is 9.59 Å². The van der Waals surface area contributed by atoms with Crippen molar-refractivity contribution in [3.63, 3.8) is 0 Å². The third kappa shape index (κ3) is 8.84. The summed E-state index contributed by atoms with van der Waals surface area (Å²) in [6.45, 7) is 2.47. The van der Waals surface area contributed by atoms with E-state index in [0.29, 0.717) is 17.2 Å². The van der Waals surface area contributed by atoms with E-state index in [9.17, 15) is 22.8 Å². The lowest BCUT2D eigenvalue weighted by atomic mass is 10.5. The van der Waals surface area contributed by atoms with Crippen molar-refractivity contribution in [1.29, 1.82) is 0 Å². The first-order chi connectivity index (χ1) is 13.0. The van der Waals surface area contributed by atoms with Gasteiger partial charge < -0.3 is 15.5 Å². The third-order valence-electron chi connectivity index (χ3n) is 2.70. The van der Waals surface area contributed by atoms with Crippen LogP contribution in [0.4, 0.5) is 13.2 Å². The highest BCUT2D eigenvalue weighted by atomic mass is 33.1. The molecule has 0 unspecified atom stereocenters. The summed E-state index contributed by atoms with van der Waals surface area (Å²) in [6, 6.07) is 0. The molecule has 156 valence electrons. The molecule has 0 aliphatic heterocycles. The first kappa shape index (κ1) is 24.1. The van der Waals surface area contributed by atoms with Gasteiger partial charge in [0.15, 0.2) is 4.96 Å². The monoisotopic (exact) mass is 459 g/mol. The lowest BCUT2D eigenvalue weighted by Gasteiger charge is -2.02. The van der Waals surface area contributed by atoms with Gasteiger partial charge in [-0.25, -0.2) is 9.78 Å². The number of imidazole rings is 1. The second-order valence-corrected chi connectivity index (χ2v) is 8.73. The van der Waals surface area contributed by atoms with Gasteiger partial charge in [-0.1, -0.05) is 32.9 Å². The SMILES string of the molecule is Cc1cn2cc(C(=O)NCCSSCCC(=O)O)sc2n1.O=C(O)C(F)(F)F. The highest BCUT2D eigenvalue weighted by molar-refractivity contribution is 8.76. The number of hydrogen-bond donors (Lipinski definition) is 3. The van der Waals surface area contributed by atoms with Crippen molar-refractivity contribution in [1.82, 2.24) is 14.7 Å². The van der Waals surface area contributed by atoms with Gasteiger partial charge in [-0.05, 0) is 6.92 Å². The number of nitrogens with one attached hydrogen (secondary N) is 1. The molecule has 2 rings (SSSR count). The molecule has 0 atom stereocenters. The van der Waals surface area contributed by atoms with E-state index < -0.39 is 18.1 Å². The van der Waals surface area contributed by atoms with Gasteiger partial charge in [0.2, 0.25) is 0 Å². The van der Waals surface area contributed by atoms with Crippen LogP contribution in [0.5, 0.6) is 0 Å². The largest absolute Gasteiger partial charge is 0.490 e. The normalized spacial score (nSPS) is 11.0. The zero-order valence-corrected chi connectivity index (χ0v) is 16.8. The van der Waals surface area contributed by atoms with Gasteiger partial charge in [0.25, 0.3) is 5.91 Å². The number of carboxylic acids is 2. The Kier molecular flexibility index (Phi) is 9.61. The molecule has 8 nitrogen and oxygen atoms in total. The van der Waals surface area contributed by atoms with Gasteiger partial charge in [0.1, 0.15) is 4.88 Å². The molecule has 2 heterocycles. The predicted molar refractivity (Wildman–Crippen MR) is 101 cm³/mol. The number of amides is 1. The van der Waals surface area contributed by atoms with Gasteiger partial charge in [0.05, 0.1) is 12.1 Å². The maximum absolute atomic E-state index is 11.9. The molecule has 0 bridgehead atoms. The Labute approximate surface area is 168 Å². The molecule has 0 radical (unpaired) electrons. The van der Waals surface area contributed by atoms with Gasteiger partial charge in [-0.3, -0.25) is 14.0 Å². The Morgan fingerprint density at radius 1 is 1.21 bits per heavy atom. The van der Waals surface area contributed by atoms with Gasteiger partial charge in [0, 0.05) is 30.4 Å². The van der Waals surface area contributed by atoms with Crippen LogP contribution >= 0.6 is 32.9 Å². The van der Waals surface area contributed by atoms with Crippen molar-refractivity contribution in [3.05, 3.63) is 23.0 Å². The van der Waals surface area contributed by atoms with Crippen LogP contribution in [0.1, 0.15) is 21.8 Å². The van der Waals surface area contributed by atoms with Crippen molar-refractivity contribution >= 4 is 55.7 Å². The lowest BCUT2D eigenvalue weighted by molar-refractivity contribution is -0.192. The summed E-state index contributed by atoms with van der Waals surface area (Å²) in [5.41, 5.74) is 0.933. The van der Waals surface area contributed by atoms with Crippen LogP contribution in [0.3, 0.4) is 0 Å². The fraction of sp³-hybridized carbons (Fsp3) is 0.429. The van der Waals surface area contributed by atoms with E-state index in [1.54, 1.807) is 17.0 Å². The van der Waals surface area contributed by atoms with Crippen LogP contribution in [0.2, 0.25) is 0 Å². The minimum Gasteiger partial charge on any atom is -0.481 e. The van der Waals surface area contributed by atoms with Crippen LogP contribution < -0.4 is 5.32 Å². The van der Waals surface area contributed by atoms with Crippen molar-refractivity contribution < 1.29 is 37.8 Å². The zero-order chi connectivity index (χ0) is 21.3. The third-order valence-corrected chi connectivity index (χ3v) is 6.10. The van der Waals surface area contributed by atoms with E-state index in [1.165, 1.54) is 22.1 Å². The number of hydrogen-bond acceptors (Lipinski definition) is 7. The quantitative estimate of drug-likeness (QED) is 0.407. The number of aryl methyl sites for hydroxylation is 1. The molecule has 0 aliphatic carbocycles. The van der Waals surface area contributed by atoms with Gasteiger partial charge in [-0.15, -0.1) is 0 Å². The van der Waals surface area contributed by atoms with Gasteiger partial charge >= 0.3 is 18.1 Å². The number of alkyl halides is 3. The first-order valence-corrected chi connectivity index (χ1v) is 10.8. The Balaban J connectivity index is 0.000000480. The molecule has 0 fully saturated rings. The van der Waals surface area contributed by atoms with E-state index in [2.05, 4.69) is 10.3 Å². The van der Waals surface area contributed by atoms with Crippen molar-refractivity contribution in [2.75, 3.05) is 18.1 Å². The van der Waals surface area contributed by atoms with Crippen LogP contribution in [-0.4, -0.2) is 61.7 Å². The fourth-order valence-corrected chi connectivity index (χ4v) is 4.37. The second-order valence-electron chi connectivity index (χ2n) is 5.01. The Morgan fingerprint density at radius 3 is 2.36 bits per heavy atom. The average molecular weight is 459 g/mol. The molecule has 28 heavy (non-hydrogen) atoms. The predicted octanol–water partition coefficient (Wildman–Crippen LogP) is 2.92. The molecular formula is C14H16F3N3O5S3. The number of carbonyl (C=O) groups excluding carboxylic acids is 1.